The molecule has 1 saturated heterocycles. The molecule has 8 rings (SSSR count). The van der Waals surface area contributed by atoms with Crippen molar-refractivity contribution in [3.63, 3.8) is 0 Å². The maximum atomic E-state index is 13.7. The Balaban J connectivity index is 0.857. The summed E-state index contributed by atoms with van der Waals surface area (Å²) in [5.41, 5.74) is 10.9. The van der Waals surface area contributed by atoms with Crippen LogP contribution < -0.4 is 35.3 Å². The number of nitrogens with two attached hydrogens (primary N) is 1. The van der Waals surface area contributed by atoms with Crippen molar-refractivity contribution in [1.82, 2.24) is 9.80 Å². The van der Waals surface area contributed by atoms with E-state index in [1.54, 1.807) is 37.3 Å². The molecular weight excluding hydrogens is 634 g/mol. The van der Waals surface area contributed by atoms with E-state index < -0.39 is 12.5 Å². The molecule has 0 bridgehead atoms. The molecule has 2 atom stereocenters. The number of benzene rings is 3. The standard InChI is InChI=1S/C39H45N5O6/c1-47-33-15-29-31(41-20-27-14-25(22-43(27)37(29)45)24-6-8-26(40)9-7-24)17-35(33)49-12-4-3-5-13-50-36-18-32-30(16-34(36)48-2)38(46)44-23-39(10-11-39)19-28(44)21-42-32/h6-9,15-18,22,27-28,41-42H,3-5,10-14,19-21,23,40H2,1-2H3/t27-,28-/m0/s1/i21D2. The number of nitrogen functional groups attached to an aromatic ring is 1. The number of rotatable bonds is 11. The Labute approximate surface area is 295 Å². The number of nitrogens with zero attached hydrogens (tertiary/aromatic N) is 2. The van der Waals surface area contributed by atoms with E-state index in [9.17, 15) is 9.59 Å². The van der Waals surface area contributed by atoms with Crippen molar-refractivity contribution in [2.45, 2.75) is 57.0 Å². The molecule has 50 heavy (non-hydrogen) atoms. The third-order valence-electron chi connectivity index (χ3n) is 10.7. The first-order chi connectivity index (χ1) is 25.1. The van der Waals surface area contributed by atoms with Gasteiger partial charge in [-0.25, -0.2) is 0 Å². The minimum Gasteiger partial charge on any atom is -0.493 e. The third-order valence-corrected chi connectivity index (χ3v) is 10.7. The van der Waals surface area contributed by atoms with E-state index in [1.165, 1.54) is 0 Å². The van der Waals surface area contributed by atoms with Crippen LogP contribution in [0.5, 0.6) is 23.0 Å². The summed E-state index contributed by atoms with van der Waals surface area (Å²) in [7, 11) is 3.11. The van der Waals surface area contributed by atoms with Gasteiger partial charge < -0.3 is 45.1 Å². The molecule has 2 amide bonds. The fourth-order valence-corrected chi connectivity index (χ4v) is 7.60. The second-order valence-corrected chi connectivity index (χ2v) is 14.0. The van der Waals surface area contributed by atoms with Gasteiger partial charge in [-0.1, -0.05) is 12.1 Å². The van der Waals surface area contributed by atoms with Crippen molar-refractivity contribution in [3.05, 3.63) is 71.4 Å². The number of hydrogen-bond donors (Lipinski definition) is 3. The summed E-state index contributed by atoms with van der Waals surface area (Å²) in [6.45, 7) is 0.303. The summed E-state index contributed by atoms with van der Waals surface area (Å²) >= 11 is 0. The first-order valence-electron chi connectivity index (χ1n) is 18.5. The van der Waals surface area contributed by atoms with E-state index in [4.69, 9.17) is 27.4 Å². The van der Waals surface area contributed by atoms with Crippen molar-refractivity contribution in [1.29, 1.82) is 0 Å². The Morgan fingerprint density at radius 1 is 0.840 bits per heavy atom. The highest BCUT2D eigenvalue weighted by atomic mass is 16.5. The maximum absolute atomic E-state index is 13.7. The van der Waals surface area contributed by atoms with E-state index in [0.29, 0.717) is 78.2 Å². The minimum atomic E-state index is -1.76. The maximum Gasteiger partial charge on any atom is 0.260 e. The van der Waals surface area contributed by atoms with Crippen LogP contribution in [0.15, 0.2) is 54.7 Å². The fraction of sp³-hybridized carbons (Fsp3) is 0.436. The Bertz CT molecular complexity index is 1930. The van der Waals surface area contributed by atoms with Gasteiger partial charge >= 0.3 is 0 Å². The molecule has 0 unspecified atom stereocenters. The lowest BCUT2D eigenvalue weighted by Crippen LogP contribution is -2.37. The summed E-state index contributed by atoms with van der Waals surface area (Å²) in [6.07, 6.45) is 7.80. The first-order valence-corrected chi connectivity index (χ1v) is 17.5. The molecule has 5 aliphatic rings. The van der Waals surface area contributed by atoms with Gasteiger partial charge in [-0.15, -0.1) is 0 Å². The van der Waals surface area contributed by atoms with Crippen LogP contribution in [0.3, 0.4) is 0 Å². The van der Waals surface area contributed by atoms with Crippen LogP contribution in [0.2, 0.25) is 0 Å². The highest BCUT2D eigenvalue weighted by Gasteiger charge is 2.54. The van der Waals surface area contributed by atoms with Gasteiger partial charge in [-0.2, -0.15) is 0 Å². The predicted octanol–water partition coefficient (Wildman–Crippen LogP) is 6.02. The van der Waals surface area contributed by atoms with Crippen LogP contribution in [-0.2, 0) is 0 Å². The van der Waals surface area contributed by atoms with E-state index in [1.807, 2.05) is 41.4 Å². The normalized spacial score (nSPS) is 22.7. The lowest BCUT2D eigenvalue weighted by molar-refractivity contribution is 0.0743. The van der Waals surface area contributed by atoms with E-state index in [-0.39, 0.29) is 23.3 Å². The summed E-state index contributed by atoms with van der Waals surface area (Å²) in [5, 5.41) is 6.49. The van der Waals surface area contributed by atoms with Gasteiger partial charge in [0, 0.05) is 49.6 Å². The number of unbranched alkanes of at least 4 members (excludes halogenated alkanes) is 2. The van der Waals surface area contributed by atoms with Crippen LogP contribution in [0.4, 0.5) is 17.1 Å². The first kappa shape index (κ1) is 29.8. The SMILES string of the molecule is [2H]C1([2H])Nc2cc(OCCCCCOc3cc4c(cc3OC)C(=O)N3C=C(c5ccc(N)cc5)C[C@H]3CN4)c(OC)cc2C(=O)N2CC3(CC3)C[C@H]21. The zero-order valence-corrected chi connectivity index (χ0v) is 28.6. The number of nitrogens with one attached hydrogen (secondary N) is 2. The van der Waals surface area contributed by atoms with Gasteiger partial charge in [0.15, 0.2) is 23.0 Å². The number of methoxy groups -OCH3 is 2. The molecule has 3 aromatic rings. The fourth-order valence-electron chi connectivity index (χ4n) is 7.60. The van der Waals surface area contributed by atoms with Gasteiger partial charge in [0.25, 0.3) is 11.8 Å². The van der Waals surface area contributed by atoms with Gasteiger partial charge in [0.2, 0.25) is 0 Å². The molecule has 1 aliphatic carbocycles. The molecular formula is C39H45N5O6. The van der Waals surface area contributed by atoms with Crippen molar-refractivity contribution in [2.24, 2.45) is 5.41 Å². The highest BCUT2D eigenvalue weighted by Crippen LogP contribution is 2.55. The molecule has 4 aliphatic heterocycles. The van der Waals surface area contributed by atoms with Gasteiger partial charge in [0.05, 0.1) is 58.7 Å². The summed E-state index contributed by atoms with van der Waals surface area (Å²) in [6, 6.07) is 14.2. The molecule has 0 aromatic heterocycles. The van der Waals surface area contributed by atoms with Crippen LogP contribution >= 0.6 is 0 Å². The van der Waals surface area contributed by atoms with E-state index in [2.05, 4.69) is 10.6 Å². The Kier molecular flexibility index (Phi) is 7.75. The zero-order chi connectivity index (χ0) is 36.2. The third kappa shape index (κ3) is 6.03. The van der Waals surface area contributed by atoms with E-state index >= 15 is 0 Å². The van der Waals surface area contributed by atoms with Crippen LogP contribution in [-0.4, -0.2) is 80.7 Å². The molecule has 4 N–H and O–H groups in total. The van der Waals surface area contributed by atoms with Crippen molar-refractivity contribution in [2.75, 3.05) is 63.4 Å². The lowest BCUT2D eigenvalue weighted by atomic mass is 10.0. The Morgan fingerprint density at radius 2 is 1.48 bits per heavy atom. The van der Waals surface area contributed by atoms with Gasteiger partial charge in [-0.3, -0.25) is 9.59 Å². The second-order valence-electron chi connectivity index (χ2n) is 14.0. The van der Waals surface area contributed by atoms with Gasteiger partial charge in [0.1, 0.15) is 0 Å². The summed E-state index contributed by atoms with van der Waals surface area (Å²) in [4.78, 5) is 30.8. The van der Waals surface area contributed by atoms with Crippen LogP contribution in [0.25, 0.3) is 5.57 Å². The van der Waals surface area contributed by atoms with Crippen molar-refractivity contribution < 1.29 is 31.3 Å². The predicted molar refractivity (Wildman–Crippen MR) is 192 cm³/mol. The largest absolute Gasteiger partial charge is 0.493 e. The number of fused-ring (bicyclic) bond motifs is 4. The number of ether oxygens (including phenoxy) is 4. The second kappa shape index (κ2) is 13.0. The number of amides is 2. The number of carbonyl (C=O) groups excluding carboxylic acids is 2. The lowest BCUT2D eigenvalue weighted by Gasteiger charge is -2.21. The average molecular weight is 682 g/mol. The molecule has 262 valence electrons. The quantitative estimate of drug-likeness (QED) is 0.165. The van der Waals surface area contributed by atoms with Crippen molar-refractivity contribution >= 4 is 34.4 Å². The molecule has 1 saturated carbocycles. The minimum absolute atomic E-state index is 0.00831. The van der Waals surface area contributed by atoms with Crippen molar-refractivity contribution in [3.8, 4) is 23.0 Å². The molecule has 11 nitrogen and oxygen atoms in total. The molecule has 0 radical (unpaired) electrons. The summed E-state index contributed by atoms with van der Waals surface area (Å²) in [5.74, 6) is 1.72. The topological polar surface area (TPSA) is 128 Å². The monoisotopic (exact) mass is 681 g/mol. The smallest absolute Gasteiger partial charge is 0.260 e. The summed E-state index contributed by atoms with van der Waals surface area (Å²) < 4.78 is 41.1. The highest BCUT2D eigenvalue weighted by molar-refractivity contribution is 6.03. The van der Waals surface area contributed by atoms with Crippen LogP contribution in [0, 0.1) is 5.41 Å². The average Bonchev–Trinajstić information content (AvgIpc) is 3.63. The molecule has 1 spiro atoms. The number of hydrogen-bond acceptors (Lipinski definition) is 9. The number of anilines is 3. The van der Waals surface area contributed by atoms with Gasteiger partial charge in [-0.05, 0) is 85.8 Å². The molecule has 2 fully saturated rings. The Morgan fingerprint density at radius 3 is 2.12 bits per heavy atom. The zero-order valence-electron chi connectivity index (χ0n) is 30.6. The molecule has 3 aromatic carbocycles. The Hall–Kier alpha value is -5.06. The number of carbonyl (C=O) groups is 2. The molecule has 4 heterocycles. The molecule has 11 heteroatoms. The van der Waals surface area contributed by atoms with Crippen LogP contribution in [0.1, 0.15) is 74.0 Å². The van der Waals surface area contributed by atoms with E-state index in [0.717, 1.165) is 55.3 Å².